The fourth-order valence-corrected chi connectivity index (χ4v) is 4.53. The molecule has 0 spiro atoms. The standard InChI is InChI=1S/C25H18IN3O7/c26-17-4-8-18(9-5-17)28-23(30)12-20(25(28)32)27(13-15-1-10-21-22(11-15)36-14-35-21)24(31)16-2-6-19(7-3-16)29(33)34/h1-11,20H,12-14H2. The minimum absolute atomic E-state index is 0.0106. The fraction of sp³-hybridized carbons (Fsp3) is 0.160. The molecule has 3 aromatic rings. The molecule has 2 heterocycles. The van der Waals surface area contributed by atoms with Crippen molar-refractivity contribution in [2.24, 2.45) is 0 Å². The van der Waals surface area contributed by atoms with Crippen molar-refractivity contribution in [3.05, 3.63) is 91.5 Å². The Morgan fingerprint density at radius 2 is 1.72 bits per heavy atom. The minimum atomic E-state index is -1.05. The first-order valence-electron chi connectivity index (χ1n) is 10.9. The molecule has 0 aliphatic carbocycles. The molecule has 1 atom stereocenters. The molecule has 0 bridgehead atoms. The van der Waals surface area contributed by atoms with Crippen molar-refractivity contribution in [2.75, 3.05) is 11.7 Å². The summed E-state index contributed by atoms with van der Waals surface area (Å²) in [5.74, 6) is -0.373. The van der Waals surface area contributed by atoms with Crippen LogP contribution < -0.4 is 14.4 Å². The molecule has 182 valence electrons. The zero-order chi connectivity index (χ0) is 25.4. The monoisotopic (exact) mass is 599 g/mol. The lowest BCUT2D eigenvalue weighted by Crippen LogP contribution is -2.45. The molecule has 1 unspecified atom stereocenters. The number of benzene rings is 3. The topological polar surface area (TPSA) is 119 Å². The van der Waals surface area contributed by atoms with Crippen molar-refractivity contribution in [1.29, 1.82) is 0 Å². The highest BCUT2D eigenvalue weighted by atomic mass is 127. The molecule has 5 rings (SSSR count). The highest BCUT2D eigenvalue weighted by Gasteiger charge is 2.44. The van der Waals surface area contributed by atoms with Crippen molar-refractivity contribution in [2.45, 2.75) is 19.0 Å². The van der Waals surface area contributed by atoms with Gasteiger partial charge in [-0.1, -0.05) is 6.07 Å². The van der Waals surface area contributed by atoms with Gasteiger partial charge in [0.05, 0.1) is 17.0 Å². The summed E-state index contributed by atoms with van der Waals surface area (Å²) in [4.78, 5) is 52.9. The molecule has 2 aliphatic rings. The van der Waals surface area contributed by atoms with Gasteiger partial charge in [-0.05, 0) is 76.7 Å². The maximum absolute atomic E-state index is 13.6. The number of nitrogens with zero attached hydrogens (tertiary/aromatic N) is 3. The van der Waals surface area contributed by atoms with Crippen LogP contribution in [-0.2, 0) is 16.1 Å². The SMILES string of the molecule is O=C1CC(N(Cc2ccc3c(c2)OCO3)C(=O)c2ccc([N+](=O)[O-])cc2)C(=O)N1c1ccc(I)cc1. The van der Waals surface area contributed by atoms with Crippen LogP contribution in [0.25, 0.3) is 0 Å². The second-order valence-corrected chi connectivity index (χ2v) is 9.43. The summed E-state index contributed by atoms with van der Waals surface area (Å²) < 4.78 is 11.7. The minimum Gasteiger partial charge on any atom is -0.454 e. The summed E-state index contributed by atoms with van der Waals surface area (Å²) in [6.45, 7) is 0.0987. The number of non-ortho nitro benzene ring substituents is 1. The van der Waals surface area contributed by atoms with Crippen LogP contribution in [0.3, 0.4) is 0 Å². The van der Waals surface area contributed by atoms with Crippen LogP contribution in [0.1, 0.15) is 22.3 Å². The fourth-order valence-electron chi connectivity index (χ4n) is 4.17. The number of halogens is 1. The maximum atomic E-state index is 13.6. The predicted octanol–water partition coefficient (Wildman–Crippen LogP) is 3.90. The normalized spacial score (nSPS) is 16.4. The second-order valence-electron chi connectivity index (χ2n) is 8.19. The number of carbonyl (C=O) groups is 3. The lowest BCUT2D eigenvalue weighted by atomic mass is 10.1. The van der Waals surface area contributed by atoms with Crippen molar-refractivity contribution < 1.29 is 28.8 Å². The molecule has 0 saturated carbocycles. The number of hydrogen-bond acceptors (Lipinski definition) is 7. The first kappa shape index (κ1) is 23.7. The van der Waals surface area contributed by atoms with Crippen LogP contribution in [0, 0.1) is 13.7 Å². The highest BCUT2D eigenvalue weighted by Crippen LogP contribution is 2.34. The van der Waals surface area contributed by atoms with Crippen LogP contribution in [0.15, 0.2) is 66.7 Å². The summed E-state index contributed by atoms with van der Waals surface area (Å²) in [5, 5.41) is 11.0. The Morgan fingerprint density at radius 1 is 1.03 bits per heavy atom. The number of rotatable bonds is 6. The number of nitro benzene ring substituents is 1. The molecular weight excluding hydrogens is 581 g/mol. The van der Waals surface area contributed by atoms with E-state index < -0.39 is 28.7 Å². The zero-order valence-corrected chi connectivity index (χ0v) is 20.8. The molecule has 3 amide bonds. The molecule has 0 radical (unpaired) electrons. The molecule has 11 heteroatoms. The lowest BCUT2D eigenvalue weighted by Gasteiger charge is -2.28. The van der Waals surface area contributed by atoms with Crippen LogP contribution in [-0.4, -0.2) is 40.4 Å². The third-order valence-corrected chi connectivity index (χ3v) is 6.68. The van der Waals surface area contributed by atoms with Gasteiger partial charge >= 0.3 is 0 Å². The van der Waals surface area contributed by atoms with E-state index in [0.29, 0.717) is 22.7 Å². The number of amides is 3. The Labute approximate surface area is 218 Å². The number of imide groups is 1. The first-order valence-corrected chi connectivity index (χ1v) is 12.0. The van der Waals surface area contributed by atoms with E-state index in [-0.39, 0.29) is 31.0 Å². The van der Waals surface area contributed by atoms with E-state index in [1.54, 1.807) is 42.5 Å². The largest absolute Gasteiger partial charge is 0.454 e. The lowest BCUT2D eigenvalue weighted by molar-refractivity contribution is -0.384. The van der Waals surface area contributed by atoms with E-state index in [2.05, 4.69) is 22.6 Å². The Morgan fingerprint density at radius 3 is 2.42 bits per heavy atom. The predicted molar refractivity (Wildman–Crippen MR) is 136 cm³/mol. The van der Waals surface area contributed by atoms with Gasteiger partial charge in [0.1, 0.15) is 6.04 Å². The third kappa shape index (κ3) is 4.49. The van der Waals surface area contributed by atoms with E-state index in [1.165, 1.54) is 29.2 Å². The van der Waals surface area contributed by atoms with Crippen molar-refractivity contribution in [1.82, 2.24) is 4.90 Å². The van der Waals surface area contributed by atoms with E-state index in [1.807, 2.05) is 0 Å². The Kier molecular flexibility index (Phi) is 6.31. The van der Waals surface area contributed by atoms with Gasteiger partial charge < -0.3 is 14.4 Å². The van der Waals surface area contributed by atoms with E-state index >= 15 is 0 Å². The van der Waals surface area contributed by atoms with Crippen LogP contribution in [0.5, 0.6) is 11.5 Å². The molecule has 0 aromatic heterocycles. The van der Waals surface area contributed by atoms with E-state index in [0.717, 1.165) is 8.47 Å². The van der Waals surface area contributed by atoms with Gasteiger partial charge in [-0.2, -0.15) is 0 Å². The maximum Gasteiger partial charge on any atom is 0.269 e. The molecule has 36 heavy (non-hydrogen) atoms. The van der Waals surface area contributed by atoms with Gasteiger partial charge in [0.2, 0.25) is 12.7 Å². The van der Waals surface area contributed by atoms with E-state index in [4.69, 9.17) is 9.47 Å². The van der Waals surface area contributed by atoms with Gasteiger partial charge in [-0.25, -0.2) is 4.90 Å². The zero-order valence-electron chi connectivity index (χ0n) is 18.6. The molecule has 3 aromatic carbocycles. The molecular formula is C25H18IN3O7. The van der Waals surface area contributed by atoms with Crippen molar-refractivity contribution in [3.8, 4) is 11.5 Å². The first-order chi connectivity index (χ1) is 17.3. The summed E-state index contributed by atoms with van der Waals surface area (Å²) in [5.41, 5.74) is 1.10. The molecule has 0 N–H and O–H groups in total. The van der Waals surface area contributed by atoms with Crippen LogP contribution in [0.4, 0.5) is 11.4 Å². The average molecular weight is 599 g/mol. The average Bonchev–Trinajstić information content (AvgIpc) is 3.46. The highest BCUT2D eigenvalue weighted by molar-refractivity contribution is 14.1. The van der Waals surface area contributed by atoms with Gasteiger partial charge in [0.25, 0.3) is 17.5 Å². The molecule has 10 nitrogen and oxygen atoms in total. The Hall–Kier alpha value is -4.00. The summed E-state index contributed by atoms with van der Waals surface area (Å²) in [7, 11) is 0. The second kappa shape index (κ2) is 9.57. The van der Waals surface area contributed by atoms with Gasteiger partial charge in [0.15, 0.2) is 11.5 Å². The van der Waals surface area contributed by atoms with Gasteiger partial charge in [0, 0.05) is 27.8 Å². The Balaban J connectivity index is 1.49. The number of hydrogen-bond donors (Lipinski definition) is 0. The summed E-state index contributed by atoms with van der Waals surface area (Å²) >= 11 is 2.13. The Bertz CT molecular complexity index is 1380. The quantitative estimate of drug-likeness (QED) is 0.183. The van der Waals surface area contributed by atoms with E-state index in [9.17, 15) is 24.5 Å². The van der Waals surface area contributed by atoms with Crippen LogP contribution in [0.2, 0.25) is 0 Å². The number of nitro groups is 1. The number of anilines is 1. The third-order valence-electron chi connectivity index (χ3n) is 5.96. The molecule has 1 fully saturated rings. The number of carbonyl (C=O) groups excluding carboxylic acids is 3. The summed E-state index contributed by atoms with van der Waals surface area (Å²) in [6.07, 6.45) is -0.186. The van der Waals surface area contributed by atoms with Gasteiger partial charge in [-0.15, -0.1) is 0 Å². The van der Waals surface area contributed by atoms with Crippen molar-refractivity contribution >= 4 is 51.7 Å². The molecule has 2 aliphatic heterocycles. The van der Waals surface area contributed by atoms with Crippen LogP contribution >= 0.6 is 22.6 Å². The summed E-state index contributed by atoms with van der Waals surface area (Å²) in [6, 6.07) is 16.2. The smallest absolute Gasteiger partial charge is 0.269 e. The molecule has 1 saturated heterocycles. The van der Waals surface area contributed by atoms with Gasteiger partial charge in [-0.3, -0.25) is 24.5 Å². The number of ether oxygens (including phenoxy) is 2. The number of fused-ring (bicyclic) bond motifs is 1. The van der Waals surface area contributed by atoms with Crippen molar-refractivity contribution in [3.63, 3.8) is 0 Å².